The number of likely N-dealkylation sites (tertiary alicyclic amines) is 1. The Morgan fingerprint density at radius 3 is 2.86 bits per heavy atom. The summed E-state index contributed by atoms with van der Waals surface area (Å²) in [6.07, 6.45) is 5.67. The zero-order chi connectivity index (χ0) is 10.4. The third-order valence-corrected chi connectivity index (χ3v) is 3.04. The lowest BCUT2D eigenvalue weighted by Crippen LogP contribution is -2.38. The minimum Gasteiger partial charge on any atom is -0.389 e. The molecule has 0 bridgehead atoms. The lowest BCUT2D eigenvalue weighted by atomic mass is 9.95. The van der Waals surface area contributed by atoms with Crippen LogP contribution in [0.15, 0.2) is 12.7 Å². The Kier molecular flexibility index (Phi) is 4.58. The second-order valence-corrected chi connectivity index (χ2v) is 4.20. The fraction of sp³-hybridized carbons (Fsp3) is 0.818. The molecule has 3 heteroatoms. The van der Waals surface area contributed by atoms with Gasteiger partial charge in [-0.25, -0.2) is 0 Å². The molecule has 0 saturated carbocycles. The van der Waals surface area contributed by atoms with E-state index >= 15 is 0 Å². The Morgan fingerprint density at radius 2 is 2.21 bits per heavy atom. The number of nitrogens with two attached hydrogens (primary N) is 1. The van der Waals surface area contributed by atoms with E-state index in [0.717, 1.165) is 45.3 Å². The van der Waals surface area contributed by atoms with Gasteiger partial charge in [-0.2, -0.15) is 0 Å². The number of rotatable bonds is 4. The monoisotopic (exact) mass is 198 g/mol. The summed E-state index contributed by atoms with van der Waals surface area (Å²) in [5, 5.41) is 10.0. The van der Waals surface area contributed by atoms with E-state index in [2.05, 4.69) is 11.5 Å². The van der Waals surface area contributed by atoms with E-state index in [1.54, 1.807) is 0 Å². The van der Waals surface area contributed by atoms with Crippen molar-refractivity contribution in [2.45, 2.75) is 31.3 Å². The number of hydrogen-bond acceptors (Lipinski definition) is 3. The van der Waals surface area contributed by atoms with Crippen molar-refractivity contribution in [3.8, 4) is 0 Å². The van der Waals surface area contributed by atoms with E-state index in [1.807, 2.05) is 6.08 Å². The average Bonchev–Trinajstić information content (AvgIpc) is 2.39. The molecule has 0 aromatic rings. The lowest BCUT2D eigenvalue weighted by Gasteiger charge is -2.24. The first kappa shape index (κ1) is 11.7. The van der Waals surface area contributed by atoms with Gasteiger partial charge in [0.2, 0.25) is 0 Å². The van der Waals surface area contributed by atoms with Crippen molar-refractivity contribution in [1.29, 1.82) is 0 Å². The van der Waals surface area contributed by atoms with Crippen molar-refractivity contribution in [2.75, 3.05) is 26.2 Å². The molecule has 1 unspecified atom stereocenters. The third kappa shape index (κ3) is 3.40. The van der Waals surface area contributed by atoms with Crippen molar-refractivity contribution in [3.63, 3.8) is 0 Å². The van der Waals surface area contributed by atoms with Crippen LogP contribution in [-0.4, -0.2) is 41.8 Å². The van der Waals surface area contributed by atoms with Crippen LogP contribution in [0.1, 0.15) is 25.7 Å². The molecule has 0 spiro atoms. The molecule has 0 aliphatic carbocycles. The standard InChI is InChI=1S/C11H22N2O/c1-2-3-7-13-8-4-5-11(14,10-12)6-9-13/h2,14H,1,3-10,12H2. The largest absolute Gasteiger partial charge is 0.389 e. The first-order valence-corrected chi connectivity index (χ1v) is 5.46. The smallest absolute Gasteiger partial charge is 0.0782 e. The summed E-state index contributed by atoms with van der Waals surface area (Å²) < 4.78 is 0. The van der Waals surface area contributed by atoms with Gasteiger partial charge in [-0.3, -0.25) is 0 Å². The molecule has 3 N–H and O–H groups in total. The summed E-state index contributed by atoms with van der Waals surface area (Å²) >= 11 is 0. The maximum atomic E-state index is 10.0. The summed E-state index contributed by atoms with van der Waals surface area (Å²) in [5.41, 5.74) is 4.96. The highest BCUT2D eigenvalue weighted by molar-refractivity contribution is 4.84. The van der Waals surface area contributed by atoms with Gasteiger partial charge in [-0.1, -0.05) is 6.08 Å². The van der Waals surface area contributed by atoms with Gasteiger partial charge >= 0.3 is 0 Å². The van der Waals surface area contributed by atoms with Gasteiger partial charge in [0, 0.05) is 19.6 Å². The highest BCUT2D eigenvalue weighted by Gasteiger charge is 2.28. The highest BCUT2D eigenvalue weighted by Crippen LogP contribution is 2.20. The number of hydrogen-bond donors (Lipinski definition) is 2. The molecule has 1 heterocycles. The van der Waals surface area contributed by atoms with Gasteiger partial charge < -0.3 is 15.7 Å². The van der Waals surface area contributed by atoms with Crippen LogP contribution < -0.4 is 5.73 Å². The molecule has 0 aromatic carbocycles. The summed E-state index contributed by atoms with van der Waals surface area (Å²) in [4.78, 5) is 2.38. The van der Waals surface area contributed by atoms with Gasteiger partial charge in [0.1, 0.15) is 0 Å². The van der Waals surface area contributed by atoms with Crippen molar-refractivity contribution >= 4 is 0 Å². The zero-order valence-electron chi connectivity index (χ0n) is 8.91. The van der Waals surface area contributed by atoms with Gasteiger partial charge in [0.25, 0.3) is 0 Å². The quantitative estimate of drug-likeness (QED) is 0.655. The molecule has 1 aliphatic heterocycles. The summed E-state index contributed by atoms with van der Waals surface area (Å²) in [6, 6.07) is 0. The molecule has 1 rings (SSSR count). The Labute approximate surface area is 86.6 Å². The van der Waals surface area contributed by atoms with Gasteiger partial charge in [0.05, 0.1) is 5.60 Å². The van der Waals surface area contributed by atoms with Crippen LogP contribution >= 0.6 is 0 Å². The molecule has 0 aromatic heterocycles. The molecular formula is C11H22N2O. The van der Waals surface area contributed by atoms with Crippen molar-refractivity contribution in [1.82, 2.24) is 4.90 Å². The predicted molar refractivity (Wildman–Crippen MR) is 59.1 cm³/mol. The lowest BCUT2D eigenvalue weighted by molar-refractivity contribution is 0.0343. The third-order valence-electron chi connectivity index (χ3n) is 3.04. The Bertz CT molecular complexity index is 184. The van der Waals surface area contributed by atoms with Crippen LogP contribution in [0.4, 0.5) is 0 Å². The van der Waals surface area contributed by atoms with E-state index in [1.165, 1.54) is 0 Å². The fourth-order valence-corrected chi connectivity index (χ4v) is 1.94. The maximum Gasteiger partial charge on any atom is 0.0782 e. The van der Waals surface area contributed by atoms with Crippen LogP contribution in [0.5, 0.6) is 0 Å². The van der Waals surface area contributed by atoms with E-state index in [0.29, 0.717) is 6.54 Å². The summed E-state index contributed by atoms with van der Waals surface area (Å²) in [7, 11) is 0. The summed E-state index contributed by atoms with van der Waals surface area (Å²) in [6.45, 7) is 7.21. The molecule has 14 heavy (non-hydrogen) atoms. The Hall–Kier alpha value is -0.380. The average molecular weight is 198 g/mol. The van der Waals surface area contributed by atoms with E-state index in [4.69, 9.17) is 5.73 Å². The van der Waals surface area contributed by atoms with Crippen LogP contribution in [-0.2, 0) is 0 Å². The van der Waals surface area contributed by atoms with Crippen molar-refractivity contribution in [2.24, 2.45) is 5.73 Å². The minimum absolute atomic E-state index is 0.391. The molecule has 0 amide bonds. The Balaban J connectivity index is 2.36. The van der Waals surface area contributed by atoms with Crippen molar-refractivity contribution in [3.05, 3.63) is 12.7 Å². The SMILES string of the molecule is C=CCCN1CCCC(O)(CN)CC1. The number of aliphatic hydroxyl groups is 1. The van der Waals surface area contributed by atoms with Crippen LogP contribution in [0.3, 0.4) is 0 Å². The molecule has 1 aliphatic rings. The molecule has 3 nitrogen and oxygen atoms in total. The van der Waals surface area contributed by atoms with Crippen LogP contribution in [0.25, 0.3) is 0 Å². The second-order valence-electron chi connectivity index (χ2n) is 4.20. The minimum atomic E-state index is -0.608. The predicted octanol–water partition coefficient (Wildman–Crippen LogP) is 0.738. The van der Waals surface area contributed by atoms with Gasteiger partial charge in [-0.15, -0.1) is 6.58 Å². The molecular weight excluding hydrogens is 176 g/mol. The molecule has 1 fully saturated rings. The fourth-order valence-electron chi connectivity index (χ4n) is 1.94. The van der Waals surface area contributed by atoms with Gasteiger partial charge in [-0.05, 0) is 32.2 Å². The first-order chi connectivity index (χ1) is 6.70. The van der Waals surface area contributed by atoms with Gasteiger partial charge in [0.15, 0.2) is 0 Å². The van der Waals surface area contributed by atoms with E-state index in [9.17, 15) is 5.11 Å². The number of nitrogens with zero attached hydrogens (tertiary/aromatic N) is 1. The Morgan fingerprint density at radius 1 is 1.43 bits per heavy atom. The van der Waals surface area contributed by atoms with E-state index < -0.39 is 5.60 Å². The molecule has 1 atom stereocenters. The second kappa shape index (κ2) is 5.49. The van der Waals surface area contributed by atoms with Crippen molar-refractivity contribution < 1.29 is 5.11 Å². The summed E-state index contributed by atoms with van der Waals surface area (Å²) in [5.74, 6) is 0. The topological polar surface area (TPSA) is 49.5 Å². The van der Waals surface area contributed by atoms with Crippen LogP contribution in [0.2, 0.25) is 0 Å². The molecule has 82 valence electrons. The molecule has 0 radical (unpaired) electrons. The zero-order valence-corrected chi connectivity index (χ0v) is 8.91. The first-order valence-electron chi connectivity index (χ1n) is 5.46. The van der Waals surface area contributed by atoms with E-state index in [-0.39, 0.29) is 0 Å². The van der Waals surface area contributed by atoms with Crippen LogP contribution in [0, 0.1) is 0 Å². The molecule has 1 saturated heterocycles. The highest BCUT2D eigenvalue weighted by atomic mass is 16.3. The maximum absolute atomic E-state index is 10.0. The normalized spacial score (nSPS) is 29.9.